The van der Waals surface area contributed by atoms with Gasteiger partial charge in [0.1, 0.15) is 0 Å². The van der Waals surface area contributed by atoms with Crippen LogP contribution in [0.4, 0.5) is 5.69 Å². The lowest BCUT2D eigenvalue weighted by molar-refractivity contribution is -0.117. The summed E-state index contributed by atoms with van der Waals surface area (Å²) in [5.41, 5.74) is 1.28. The standard InChI is InChI=1S/C15H21N3O2/c1-11-9-18(7-6-16-11)10-15(20)17-14-5-3-4-13(8-14)12(2)19/h3-5,8,11,16H,6-7,9-10H2,1-2H3,(H,17,20)/t11-/m0/s1. The monoisotopic (exact) mass is 275 g/mol. The molecule has 1 saturated heterocycles. The van der Waals surface area contributed by atoms with Gasteiger partial charge in [-0.2, -0.15) is 0 Å². The quantitative estimate of drug-likeness (QED) is 0.808. The summed E-state index contributed by atoms with van der Waals surface area (Å²) in [6.07, 6.45) is 0. The topological polar surface area (TPSA) is 61.4 Å². The summed E-state index contributed by atoms with van der Waals surface area (Å²) in [5.74, 6) is -0.0446. The molecule has 0 saturated carbocycles. The number of Topliss-reactive ketones (excluding diaryl/α,β-unsaturated/α-hetero) is 1. The number of amides is 1. The molecular weight excluding hydrogens is 254 g/mol. The van der Waals surface area contributed by atoms with Crippen LogP contribution in [-0.2, 0) is 4.79 Å². The molecule has 5 nitrogen and oxygen atoms in total. The third kappa shape index (κ3) is 4.15. The average molecular weight is 275 g/mol. The fourth-order valence-electron chi connectivity index (χ4n) is 2.38. The highest BCUT2D eigenvalue weighted by atomic mass is 16.2. The van der Waals surface area contributed by atoms with Gasteiger partial charge in [-0.3, -0.25) is 14.5 Å². The molecule has 1 atom stereocenters. The zero-order chi connectivity index (χ0) is 14.5. The van der Waals surface area contributed by atoms with Gasteiger partial charge in [-0.15, -0.1) is 0 Å². The minimum atomic E-state index is -0.0418. The van der Waals surface area contributed by atoms with Crippen LogP contribution < -0.4 is 10.6 Å². The van der Waals surface area contributed by atoms with Gasteiger partial charge in [0, 0.05) is 36.9 Å². The zero-order valence-corrected chi connectivity index (χ0v) is 12.0. The van der Waals surface area contributed by atoms with Crippen molar-refractivity contribution in [2.24, 2.45) is 0 Å². The van der Waals surface area contributed by atoms with Crippen molar-refractivity contribution in [1.82, 2.24) is 10.2 Å². The highest BCUT2D eigenvalue weighted by molar-refractivity contribution is 5.97. The van der Waals surface area contributed by atoms with Crippen LogP contribution in [0.15, 0.2) is 24.3 Å². The number of anilines is 1. The third-order valence-electron chi connectivity index (χ3n) is 3.37. The minimum absolute atomic E-state index is 0.00275. The number of benzene rings is 1. The first-order chi connectivity index (χ1) is 9.54. The fraction of sp³-hybridized carbons (Fsp3) is 0.467. The molecule has 1 aliphatic rings. The number of piperazine rings is 1. The van der Waals surface area contributed by atoms with E-state index in [1.54, 1.807) is 24.3 Å². The van der Waals surface area contributed by atoms with Crippen LogP contribution in [0.2, 0.25) is 0 Å². The average Bonchev–Trinajstić information content (AvgIpc) is 2.38. The molecule has 2 N–H and O–H groups in total. The Morgan fingerprint density at radius 3 is 2.95 bits per heavy atom. The van der Waals surface area contributed by atoms with E-state index in [4.69, 9.17) is 0 Å². The van der Waals surface area contributed by atoms with Gasteiger partial charge in [-0.05, 0) is 26.0 Å². The molecule has 1 heterocycles. The summed E-state index contributed by atoms with van der Waals surface area (Å²) in [7, 11) is 0. The summed E-state index contributed by atoms with van der Waals surface area (Å²) in [4.78, 5) is 25.4. The molecule has 0 aliphatic carbocycles. The van der Waals surface area contributed by atoms with Gasteiger partial charge in [0.25, 0.3) is 0 Å². The number of rotatable bonds is 4. The number of carbonyl (C=O) groups is 2. The van der Waals surface area contributed by atoms with Gasteiger partial charge in [-0.25, -0.2) is 0 Å². The van der Waals surface area contributed by atoms with Gasteiger partial charge < -0.3 is 10.6 Å². The molecule has 1 aromatic carbocycles. The molecule has 0 bridgehead atoms. The lowest BCUT2D eigenvalue weighted by atomic mass is 10.1. The van der Waals surface area contributed by atoms with Crippen molar-refractivity contribution < 1.29 is 9.59 Å². The van der Waals surface area contributed by atoms with Crippen molar-refractivity contribution in [3.63, 3.8) is 0 Å². The van der Waals surface area contributed by atoms with E-state index in [1.807, 2.05) is 0 Å². The first-order valence-electron chi connectivity index (χ1n) is 6.91. The second-order valence-corrected chi connectivity index (χ2v) is 5.28. The molecule has 0 unspecified atom stereocenters. The van der Waals surface area contributed by atoms with E-state index in [0.29, 0.717) is 23.8 Å². The van der Waals surface area contributed by atoms with Gasteiger partial charge in [0.05, 0.1) is 6.54 Å². The van der Waals surface area contributed by atoms with E-state index < -0.39 is 0 Å². The van der Waals surface area contributed by atoms with E-state index in [9.17, 15) is 9.59 Å². The summed E-state index contributed by atoms with van der Waals surface area (Å²) in [5, 5.41) is 6.19. The minimum Gasteiger partial charge on any atom is -0.325 e. The summed E-state index contributed by atoms with van der Waals surface area (Å²) < 4.78 is 0. The summed E-state index contributed by atoms with van der Waals surface area (Å²) in [6.45, 7) is 6.68. The van der Waals surface area contributed by atoms with E-state index in [2.05, 4.69) is 22.5 Å². The van der Waals surface area contributed by atoms with Crippen molar-refractivity contribution in [3.8, 4) is 0 Å². The molecule has 2 rings (SSSR count). The van der Waals surface area contributed by atoms with Crippen LogP contribution in [0, 0.1) is 0 Å². The largest absolute Gasteiger partial charge is 0.325 e. The Morgan fingerprint density at radius 2 is 2.25 bits per heavy atom. The van der Waals surface area contributed by atoms with Crippen molar-refractivity contribution >= 4 is 17.4 Å². The molecular formula is C15H21N3O2. The highest BCUT2D eigenvalue weighted by Gasteiger charge is 2.17. The summed E-state index contributed by atoms with van der Waals surface area (Å²) in [6, 6.07) is 7.44. The lowest BCUT2D eigenvalue weighted by Crippen LogP contribution is -2.51. The number of hydrogen-bond donors (Lipinski definition) is 2. The SMILES string of the molecule is CC(=O)c1cccc(NC(=O)CN2CCN[C@@H](C)C2)c1. The summed E-state index contributed by atoms with van der Waals surface area (Å²) >= 11 is 0. The maximum absolute atomic E-state index is 12.0. The molecule has 1 fully saturated rings. The molecule has 1 aliphatic heterocycles. The zero-order valence-electron chi connectivity index (χ0n) is 12.0. The fourth-order valence-corrected chi connectivity index (χ4v) is 2.38. The molecule has 0 radical (unpaired) electrons. The predicted octanol–water partition coefficient (Wildman–Crippen LogP) is 1.12. The van der Waals surface area contributed by atoms with E-state index in [-0.39, 0.29) is 11.7 Å². The van der Waals surface area contributed by atoms with Gasteiger partial charge >= 0.3 is 0 Å². The van der Waals surface area contributed by atoms with Gasteiger partial charge in [0.2, 0.25) is 5.91 Å². The Morgan fingerprint density at radius 1 is 1.45 bits per heavy atom. The van der Waals surface area contributed by atoms with E-state index in [1.165, 1.54) is 6.92 Å². The van der Waals surface area contributed by atoms with Crippen LogP contribution in [0.5, 0.6) is 0 Å². The molecule has 5 heteroatoms. The molecule has 1 amide bonds. The Bertz CT molecular complexity index is 502. The van der Waals surface area contributed by atoms with Crippen molar-refractivity contribution in [1.29, 1.82) is 0 Å². The van der Waals surface area contributed by atoms with Crippen molar-refractivity contribution in [2.45, 2.75) is 19.9 Å². The van der Waals surface area contributed by atoms with Crippen LogP contribution in [0.3, 0.4) is 0 Å². The second-order valence-electron chi connectivity index (χ2n) is 5.28. The first kappa shape index (κ1) is 14.7. The lowest BCUT2D eigenvalue weighted by Gasteiger charge is -2.31. The Labute approximate surface area is 119 Å². The van der Waals surface area contributed by atoms with Crippen LogP contribution in [-0.4, -0.2) is 48.8 Å². The number of ketones is 1. The smallest absolute Gasteiger partial charge is 0.238 e. The third-order valence-corrected chi connectivity index (χ3v) is 3.37. The molecule has 20 heavy (non-hydrogen) atoms. The number of carbonyl (C=O) groups excluding carboxylic acids is 2. The molecule has 108 valence electrons. The Hall–Kier alpha value is -1.72. The van der Waals surface area contributed by atoms with Gasteiger partial charge in [-0.1, -0.05) is 12.1 Å². The number of nitrogens with zero attached hydrogens (tertiary/aromatic N) is 1. The van der Waals surface area contributed by atoms with E-state index >= 15 is 0 Å². The van der Waals surface area contributed by atoms with Crippen molar-refractivity contribution in [3.05, 3.63) is 29.8 Å². The highest BCUT2D eigenvalue weighted by Crippen LogP contribution is 2.11. The van der Waals surface area contributed by atoms with Gasteiger partial charge in [0.15, 0.2) is 5.78 Å². The number of hydrogen-bond acceptors (Lipinski definition) is 4. The second kappa shape index (κ2) is 6.63. The molecule has 1 aromatic rings. The molecule has 0 spiro atoms. The van der Waals surface area contributed by atoms with Crippen LogP contribution in [0.1, 0.15) is 24.2 Å². The molecule has 0 aromatic heterocycles. The Kier molecular flexibility index (Phi) is 4.87. The van der Waals surface area contributed by atoms with Crippen LogP contribution >= 0.6 is 0 Å². The number of nitrogens with one attached hydrogen (secondary N) is 2. The van der Waals surface area contributed by atoms with E-state index in [0.717, 1.165) is 19.6 Å². The van der Waals surface area contributed by atoms with Crippen LogP contribution in [0.25, 0.3) is 0 Å². The maximum Gasteiger partial charge on any atom is 0.238 e. The maximum atomic E-state index is 12.0. The Balaban J connectivity index is 1.91. The predicted molar refractivity (Wildman–Crippen MR) is 79.0 cm³/mol. The first-order valence-corrected chi connectivity index (χ1v) is 6.91. The normalized spacial score (nSPS) is 19.6. The van der Waals surface area contributed by atoms with Crippen molar-refractivity contribution in [2.75, 3.05) is 31.5 Å².